The average molecular weight is 434 g/mol. The monoisotopic (exact) mass is 434 g/mol. The van der Waals surface area contributed by atoms with Crippen molar-refractivity contribution in [3.05, 3.63) is 24.5 Å². The normalized spacial score (nSPS) is 36.7. The van der Waals surface area contributed by atoms with Crippen molar-refractivity contribution in [1.29, 1.82) is 0 Å². The topological polar surface area (TPSA) is 153 Å². The molecular formula is C19H30O11. The number of ether oxygens (including phenoxy) is 6. The molecule has 0 radical (unpaired) electrons. The molecule has 0 unspecified atom stereocenters. The van der Waals surface area contributed by atoms with Gasteiger partial charge in [0.05, 0.1) is 25.6 Å². The lowest BCUT2D eigenvalue weighted by Gasteiger charge is -2.43. The highest BCUT2D eigenvalue weighted by Crippen LogP contribution is 2.38. The Kier molecular flexibility index (Phi) is 9.19. The number of carbonyl (C=O) groups excluding carboxylic acids is 1. The first kappa shape index (κ1) is 24.7. The highest BCUT2D eigenvalue weighted by Gasteiger charge is 2.47. The third-order valence-corrected chi connectivity index (χ3v) is 5.29. The summed E-state index contributed by atoms with van der Waals surface area (Å²) in [5, 5.41) is 39.4. The first-order chi connectivity index (χ1) is 14.3. The molecule has 0 bridgehead atoms. The van der Waals surface area contributed by atoms with Crippen LogP contribution in [0.4, 0.5) is 0 Å². The van der Waals surface area contributed by atoms with Crippen molar-refractivity contribution in [3.8, 4) is 0 Å². The number of hydrogen-bond donors (Lipinski definition) is 4. The highest BCUT2D eigenvalue weighted by atomic mass is 16.8. The highest BCUT2D eigenvalue weighted by molar-refractivity contribution is 5.88. The third kappa shape index (κ3) is 5.18. The lowest BCUT2D eigenvalue weighted by molar-refractivity contribution is -0.339. The Morgan fingerprint density at radius 3 is 2.37 bits per heavy atom. The van der Waals surface area contributed by atoms with Crippen LogP contribution < -0.4 is 0 Å². The van der Waals surface area contributed by atoms with Crippen LogP contribution in [0.3, 0.4) is 0 Å². The number of carbonyl (C=O) groups is 1. The minimum absolute atomic E-state index is 0.218. The molecule has 11 heteroatoms. The molecule has 4 N–H and O–H groups in total. The molecule has 11 nitrogen and oxygen atoms in total. The molecule has 2 aliphatic heterocycles. The SMILES string of the molecule is C=C[C@@H]1[C@@H](O[C@H]2O[C@@H](CO)[C@H](O)[C@@H](O)[C@@H]2O)OC=C(C(=O)OC)[C@@H]1CC(OC)OC. The van der Waals surface area contributed by atoms with Crippen LogP contribution in [-0.2, 0) is 33.2 Å². The van der Waals surface area contributed by atoms with Crippen LogP contribution in [0.2, 0.25) is 0 Å². The van der Waals surface area contributed by atoms with E-state index in [0.717, 1.165) is 0 Å². The summed E-state index contributed by atoms with van der Waals surface area (Å²) in [7, 11) is 4.16. The molecule has 0 aromatic rings. The van der Waals surface area contributed by atoms with Gasteiger partial charge in [-0.2, -0.15) is 0 Å². The molecule has 1 fully saturated rings. The molecule has 0 aromatic heterocycles. The van der Waals surface area contributed by atoms with Gasteiger partial charge in [-0.05, 0) is 0 Å². The predicted octanol–water partition coefficient (Wildman–Crippen LogP) is -1.36. The maximum Gasteiger partial charge on any atom is 0.337 e. The van der Waals surface area contributed by atoms with E-state index in [0.29, 0.717) is 0 Å². The quantitative estimate of drug-likeness (QED) is 0.193. The number of hydrogen-bond acceptors (Lipinski definition) is 11. The van der Waals surface area contributed by atoms with Crippen molar-refractivity contribution in [3.63, 3.8) is 0 Å². The van der Waals surface area contributed by atoms with Gasteiger partial charge in [0, 0.05) is 32.5 Å². The van der Waals surface area contributed by atoms with Gasteiger partial charge < -0.3 is 48.8 Å². The Bertz CT molecular complexity index is 603. The number of rotatable bonds is 9. The molecular weight excluding hydrogens is 404 g/mol. The van der Waals surface area contributed by atoms with Gasteiger partial charge in [0.1, 0.15) is 24.4 Å². The average Bonchev–Trinajstić information content (AvgIpc) is 2.77. The van der Waals surface area contributed by atoms with E-state index in [9.17, 15) is 25.2 Å². The molecule has 0 spiro atoms. The van der Waals surface area contributed by atoms with E-state index in [1.54, 1.807) is 0 Å². The Morgan fingerprint density at radius 1 is 1.17 bits per heavy atom. The summed E-state index contributed by atoms with van der Waals surface area (Å²) in [5.74, 6) is -1.77. The van der Waals surface area contributed by atoms with Gasteiger partial charge in [0.25, 0.3) is 0 Å². The summed E-state index contributed by atoms with van der Waals surface area (Å²) in [6.07, 6.45) is -6.05. The van der Waals surface area contributed by atoms with Gasteiger partial charge in [-0.25, -0.2) is 4.79 Å². The fraction of sp³-hybridized carbons (Fsp3) is 0.737. The van der Waals surface area contributed by atoms with Crippen molar-refractivity contribution in [1.82, 2.24) is 0 Å². The zero-order chi connectivity index (χ0) is 22.4. The number of aliphatic hydroxyl groups excluding tert-OH is 4. The number of aliphatic hydroxyl groups is 4. The third-order valence-electron chi connectivity index (χ3n) is 5.29. The summed E-state index contributed by atoms with van der Waals surface area (Å²) < 4.78 is 31.9. The lowest BCUT2D eigenvalue weighted by Crippen LogP contribution is -2.60. The van der Waals surface area contributed by atoms with E-state index >= 15 is 0 Å². The van der Waals surface area contributed by atoms with Crippen LogP contribution in [-0.4, -0.2) is 97.6 Å². The second-order valence-electron chi connectivity index (χ2n) is 6.96. The molecule has 8 atom stereocenters. The van der Waals surface area contributed by atoms with Gasteiger partial charge >= 0.3 is 5.97 Å². The molecule has 30 heavy (non-hydrogen) atoms. The second-order valence-corrected chi connectivity index (χ2v) is 6.96. The smallest absolute Gasteiger partial charge is 0.337 e. The standard InChI is InChI=1S/C19H30O11/c1-5-9-10(6-13(25-2)26-3)11(17(24)27-4)8-28-18(9)30-19-16(23)15(22)14(21)12(7-20)29-19/h5,8-10,12-16,18-23H,1,6-7H2,2-4H3/t9-,10+,12-,14-,15+,16-,18+,19+/m0/s1. The fourth-order valence-corrected chi connectivity index (χ4v) is 3.52. The summed E-state index contributed by atoms with van der Waals surface area (Å²) in [4.78, 5) is 12.2. The van der Waals surface area contributed by atoms with E-state index in [-0.39, 0.29) is 12.0 Å². The van der Waals surface area contributed by atoms with Crippen molar-refractivity contribution in [2.45, 2.75) is 49.7 Å². The zero-order valence-electron chi connectivity index (χ0n) is 17.1. The molecule has 0 amide bonds. The summed E-state index contributed by atoms with van der Waals surface area (Å²) >= 11 is 0. The summed E-state index contributed by atoms with van der Waals surface area (Å²) in [6, 6.07) is 0. The van der Waals surface area contributed by atoms with Crippen molar-refractivity contribution >= 4 is 5.97 Å². The fourth-order valence-electron chi connectivity index (χ4n) is 3.52. The van der Waals surface area contributed by atoms with Gasteiger partial charge in [0.15, 0.2) is 12.6 Å². The molecule has 2 heterocycles. The van der Waals surface area contributed by atoms with E-state index in [1.165, 1.54) is 33.7 Å². The van der Waals surface area contributed by atoms with Crippen LogP contribution in [0.5, 0.6) is 0 Å². The van der Waals surface area contributed by atoms with Crippen molar-refractivity contribution in [2.24, 2.45) is 11.8 Å². The van der Waals surface area contributed by atoms with E-state index in [2.05, 4.69) is 6.58 Å². The maximum absolute atomic E-state index is 12.2. The van der Waals surface area contributed by atoms with Crippen LogP contribution in [0.1, 0.15) is 6.42 Å². The second kappa shape index (κ2) is 11.2. The van der Waals surface area contributed by atoms with E-state index in [1.807, 2.05) is 0 Å². The Labute approximate surface area is 174 Å². The molecule has 0 aromatic carbocycles. The summed E-state index contributed by atoms with van der Waals surface area (Å²) in [6.45, 7) is 3.18. The zero-order valence-corrected chi connectivity index (χ0v) is 17.1. The number of methoxy groups -OCH3 is 3. The Hall–Kier alpha value is -1.57. The summed E-state index contributed by atoms with van der Waals surface area (Å²) in [5.41, 5.74) is 0.218. The van der Waals surface area contributed by atoms with Crippen molar-refractivity contribution < 1.29 is 53.6 Å². The molecule has 2 rings (SSSR count). The van der Waals surface area contributed by atoms with E-state index < -0.39 is 67.7 Å². The molecule has 172 valence electrons. The van der Waals surface area contributed by atoms with Crippen LogP contribution in [0.15, 0.2) is 24.5 Å². The van der Waals surface area contributed by atoms with Crippen LogP contribution in [0, 0.1) is 11.8 Å². The largest absolute Gasteiger partial charge is 0.471 e. The molecule has 2 aliphatic rings. The molecule has 0 aliphatic carbocycles. The maximum atomic E-state index is 12.2. The van der Waals surface area contributed by atoms with Crippen molar-refractivity contribution in [2.75, 3.05) is 27.9 Å². The van der Waals surface area contributed by atoms with Gasteiger partial charge in [0.2, 0.25) is 6.29 Å². The minimum Gasteiger partial charge on any atom is -0.471 e. The molecule has 1 saturated heterocycles. The Morgan fingerprint density at radius 2 is 1.83 bits per heavy atom. The first-order valence-electron chi connectivity index (χ1n) is 9.40. The predicted molar refractivity (Wildman–Crippen MR) is 99.4 cm³/mol. The van der Waals surface area contributed by atoms with Crippen LogP contribution in [0.25, 0.3) is 0 Å². The lowest BCUT2D eigenvalue weighted by atomic mass is 9.81. The Balaban J connectivity index is 2.26. The van der Waals surface area contributed by atoms with Crippen LogP contribution >= 0.6 is 0 Å². The molecule has 0 saturated carbocycles. The van der Waals surface area contributed by atoms with E-state index in [4.69, 9.17) is 28.4 Å². The van der Waals surface area contributed by atoms with Gasteiger partial charge in [-0.1, -0.05) is 6.08 Å². The minimum atomic E-state index is -1.60. The van der Waals surface area contributed by atoms with Gasteiger partial charge in [-0.15, -0.1) is 6.58 Å². The number of esters is 1. The van der Waals surface area contributed by atoms with Gasteiger partial charge in [-0.3, -0.25) is 0 Å². The first-order valence-corrected chi connectivity index (χ1v) is 9.40.